The summed E-state index contributed by atoms with van der Waals surface area (Å²) in [5, 5.41) is 4.93. The minimum Gasteiger partial charge on any atom is -0.343 e. The highest BCUT2D eigenvalue weighted by atomic mass is 35.5. The van der Waals surface area contributed by atoms with Crippen molar-refractivity contribution in [2.75, 3.05) is 5.32 Å². The lowest BCUT2D eigenvalue weighted by molar-refractivity contribution is -0.116. The van der Waals surface area contributed by atoms with Crippen molar-refractivity contribution in [3.8, 4) is 0 Å². The number of benzene rings is 4. The Kier molecular flexibility index (Phi) is 6.92. The largest absolute Gasteiger partial charge is 0.343 e. The maximum atomic E-state index is 13.3. The van der Waals surface area contributed by atoms with Gasteiger partial charge in [0.2, 0.25) is 5.91 Å². The van der Waals surface area contributed by atoms with Gasteiger partial charge < -0.3 is 9.88 Å². The second-order valence-electron chi connectivity index (χ2n) is 9.37. The topological polar surface area (TPSA) is 34.0 Å². The molecule has 3 nitrogen and oxygen atoms in total. The molecule has 0 saturated carbocycles. The minimum atomic E-state index is -0.142. The molecule has 36 heavy (non-hydrogen) atoms. The fourth-order valence-electron chi connectivity index (χ4n) is 4.81. The van der Waals surface area contributed by atoms with E-state index in [4.69, 9.17) is 11.6 Å². The van der Waals surface area contributed by atoms with Crippen LogP contribution in [0.25, 0.3) is 10.9 Å². The van der Waals surface area contributed by atoms with Gasteiger partial charge in [0.15, 0.2) is 0 Å². The van der Waals surface area contributed by atoms with Crippen molar-refractivity contribution in [1.82, 2.24) is 4.57 Å². The summed E-state index contributed by atoms with van der Waals surface area (Å²) in [6.45, 7) is 4.89. The highest BCUT2D eigenvalue weighted by Gasteiger charge is 2.23. The van der Waals surface area contributed by atoms with Crippen LogP contribution >= 0.6 is 11.6 Å². The minimum absolute atomic E-state index is 0.0249. The molecular formula is C32H29ClN2O. The van der Waals surface area contributed by atoms with Gasteiger partial charge in [0.05, 0.1) is 0 Å². The van der Waals surface area contributed by atoms with E-state index in [1.807, 2.05) is 42.5 Å². The quantitative estimate of drug-likeness (QED) is 0.244. The van der Waals surface area contributed by atoms with Gasteiger partial charge in [-0.05, 0) is 72.0 Å². The molecule has 0 aliphatic heterocycles. The zero-order valence-corrected chi connectivity index (χ0v) is 21.3. The number of nitrogens with zero attached hydrogens (tertiary/aromatic N) is 1. The second kappa shape index (κ2) is 10.4. The Morgan fingerprint density at radius 1 is 0.861 bits per heavy atom. The maximum absolute atomic E-state index is 13.3. The predicted octanol–water partition coefficient (Wildman–Crippen LogP) is 8.12. The van der Waals surface area contributed by atoms with Crippen molar-refractivity contribution in [1.29, 1.82) is 0 Å². The molecule has 1 atom stereocenters. The number of fused-ring (bicyclic) bond motifs is 1. The van der Waals surface area contributed by atoms with Crippen molar-refractivity contribution in [3.63, 3.8) is 0 Å². The van der Waals surface area contributed by atoms with E-state index in [2.05, 4.69) is 84.5 Å². The molecule has 4 heteroatoms. The van der Waals surface area contributed by atoms with Gasteiger partial charge >= 0.3 is 0 Å². The molecule has 0 aliphatic rings. The molecule has 0 aliphatic carbocycles. The molecule has 4 aromatic carbocycles. The van der Waals surface area contributed by atoms with E-state index in [-0.39, 0.29) is 11.8 Å². The first-order valence-corrected chi connectivity index (χ1v) is 12.6. The van der Waals surface area contributed by atoms with Gasteiger partial charge in [-0.1, -0.05) is 78.3 Å². The van der Waals surface area contributed by atoms with Crippen LogP contribution in [0.1, 0.15) is 40.2 Å². The Bertz CT molecular complexity index is 1520. The molecule has 0 saturated heterocycles. The first-order chi connectivity index (χ1) is 17.5. The summed E-state index contributed by atoms with van der Waals surface area (Å²) in [6.07, 6.45) is 2.51. The SMILES string of the molecule is Cc1ccc(NC(=O)CC(c2cccc(Cl)c2)c2cn(Cc3ccccc3)c3ccccc23)cc1C. The van der Waals surface area contributed by atoms with Crippen molar-refractivity contribution in [2.24, 2.45) is 0 Å². The van der Waals surface area contributed by atoms with Crippen LogP contribution < -0.4 is 5.32 Å². The van der Waals surface area contributed by atoms with Gasteiger partial charge in [-0.25, -0.2) is 0 Å². The molecule has 1 N–H and O–H groups in total. The normalized spacial score (nSPS) is 12.0. The number of aryl methyl sites for hydroxylation is 2. The maximum Gasteiger partial charge on any atom is 0.225 e. The molecule has 1 aromatic heterocycles. The van der Waals surface area contributed by atoms with Crippen LogP contribution in [0.15, 0.2) is 103 Å². The third-order valence-corrected chi connectivity index (χ3v) is 7.06. The summed E-state index contributed by atoms with van der Waals surface area (Å²) in [5.74, 6) is -0.166. The predicted molar refractivity (Wildman–Crippen MR) is 150 cm³/mol. The van der Waals surface area contributed by atoms with Gasteiger partial charge in [-0.15, -0.1) is 0 Å². The third-order valence-electron chi connectivity index (χ3n) is 6.82. The summed E-state index contributed by atoms with van der Waals surface area (Å²) < 4.78 is 2.28. The number of aromatic nitrogens is 1. The van der Waals surface area contributed by atoms with Gasteiger partial charge in [0.25, 0.3) is 0 Å². The van der Waals surface area contributed by atoms with E-state index in [9.17, 15) is 4.79 Å². The number of anilines is 1. The molecule has 1 heterocycles. The lowest BCUT2D eigenvalue weighted by Gasteiger charge is -2.18. The average Bonchev–Trinajstić information content (AvgIpc) is 3.23. The van der Waals surface area contributed by atoms with E-state index < -0.39 is 0 Å². The average molecular weight is 493 g/mol. The van der Waals surface area contributed by atoms with Gasteiger partial charge in [-0.3, -0.25) is 4.79 Å². The molecular weight excluding hydrogens is 464 g/mol. The fraction of sp³-hybridized carbons (Fsp3) is 0.156. The summed E-state index contributed by atoms with van der Waals surface area (Å²) in [7, 11) is 0. The first-order valence-electron chi connectivity index (χ1n) is 12.2. The summed E-state index contributed by atoms with van der Waals surface area (Å²) in [5.41, 5.74) is 7.72. The smallest absolute Gasteiger partial charge is 0.225 e. The van der Waals surface area contributed by atoms with E-state index in [1.165, 1.54) is 11.1 Å². The van der Waals surface area contributed by atoms with Gasteiger partial charge in [0, 0.05) is 46.7 Å². The number of amides is 1. The van der Waals surface area contributed by atoms with Crippen LogP contribution in [-0.4, -0.2) is 10.5 Å². The Morgan fingerprint density at radius 3 is 2.42 bits per heavy atom. The van der Waals surface area contributed by atoms with Gasteiger partial charge in [0.1, 0.15) is 0 Å². The summed E-state index contributed by atoms with van der Waals surface area (Å²) in [4.78, 5) is 13.3. The Morgan fingerprint density at radius 2 is 1.64 bits per heavy atom. The zero-order valence-electron chi connectivity index (χ0n) is 20.5. The molecule has 5 rings (SSSR count). The zero-order chi connectivity index (χ0) is 25.1. The van der Waals surface area contributed by atoms with E-state index in [1.54, 1.807) is 0 Å². The number of halogens is 1. The number of para-hydroxylation sites is 1. The highest BCUT2D eigenvalue weighted by molar-refractivity contribution is 6.30. The molecule has 0 fully saturated rings. The molecule has 1 amide bonds. The van der Waals surface area contributed by atoms with Crippen LogP contribution in [-0.2, 0) is 11.3 Å². The standard InChI is InChI=1S/C32H29ClN2O/c1-22-15-16-27(17-23(22)2)34-32(36)19-29(25-11-8-12-26(33)18-25)30-21-35(20-24-9-4-3-5-10-24)31-14-7-6-13-28(30)31/h3-18,21,29H,19-20H2,1-2H3,(H,34,36). The van der Waals surface area contributed by atoms with E-state index >= 15 is 0 Å². The Labute approximate surface area is 217 Å². The van der Waals surface area contributed by atoms with Crippen LogP contribution in [0, 0.1) is 13.8 Å². The van der Waals surface area contributed by atoms with Gasteiger partial charge in [-0.2, -0.15) is 0 Å². The lowest BCUT2D eigenvalue weighted by Crippen LogP contribution is -2.16. The first kappa shape index (κ1) is 23.9. The van der Waals surface area contributed by atoms with Crippen LogP contribution in [0.5, 0.6) is 0 Å². The molecule has 5 aromatic rings. The monoisotopic (exact) mass is 492 g/mol. The summed E-state index contributed by atoms with van der Waals surface area (Å²) >= 11 is 6.40. The van der Waals surface area contributed by atoms with Crippen molar-refractivity contribution in [2.45, 2.75) is 32.7 Å². The molecule has 0 bridgehead atoms. The molecule has 1 unspecified atom stereocenters. The number of nitrogens with one attached hydrogen (secondary N) is 1. The number of rotatable bonds is 7. The van der Waals surface area contributed by atoms with Crippen molar-refractivity contribution in [3.05, 3.63) is 136 Å². The van der Waals surface area contributed by atoms with E-state index in [0.29, 0.717) is 11.4 Å². The Hall–Kier alpha value is -3.82. The van der Waals surface area contributed by atoms with Crippen LogP contribution in [0.4, 0.5) is 5.69 Å². The summed E-state index contributed by atoms with van der Waals surface area (Å²) in [6, 6.07) is 32.7. The molecule has 0 radical (unpaired) electrons. The van der Waals surface area contributed by atoms with Crippen LogP contribution in [0.3, 0.4) is 0 Å². The van der Waals surface area contributed by atoms with Crippen molar-refractivity contribution >= 4 is 34.1 Å². The number of hydrogen-bond donors (Lipinski definition) is 1. The third kappa shape index (κ3) is 5.22. The van der Waals surface area contributed by atoms with Crippen LogP contribution in [0.2, 0.25) is 5.02 Å². The van der Waals surface area contributed by atoms with Crippen molar-refractivity contribution < 1.29 is 4.79 Å². The molecule has 180 valence electrons. The second-order valence-corrected chi connectivity index (χ2v) is 9.81. The lowest BCUT2D eigenvalue weighted by atomic mass is 9.88. The highest BCUT2D eigenvalue weighted by Crippen LogP contribution is 2.36. The number of carbonyl (C=O) groups is 1. The fourth-order valence-corrected chi connectivity index (χ4v) is 5.01. The number of hydrogen-bond acceptors (Lipinski definition) is 1. The van der Waals surface area contributed by atoms with E-state index in [0.717, 1.165) is 39.8 Å². The number of carbonyl (C=O) groups excluding carboxylic acids is 1. The molecule has 0 spiro atoms. The Balaban J connectivity index is 1.53.